The molecule has 0 heterocycles. The van der Waals surface area contributed by atoms with Gasteiger partial charge in [0.05, 0.1) is 0 Å². The van der Waals surface area contributed by atoms with Crippen LogP contribution in [-0.2, 0) is 19.3 Å². The molecule has 4 nitrogen and oxygen atoms in total. The smallest absolute Gasteiger partial charge is 0.0465 e. The van der Waals surface area contributed by atoms with Crippen LogP contribution >= 0.6 is 0 Å². The van der Waals surface area contributed by atoms with Crippen molar-refractivity contribution in [3.05, 3.63) is 71.3 Å². The minimum Gasteiger partial charge on any atom is -0.399 e. The predicted octanol–water partition coefficient (Wildman–Crippen LogP) is 5.59. The monoisotopic (exact) mass is 374 g/mol. The normalized spacial score (nSPS) is 10.8. The van der Waals surface area contributed by atoms with Gasteiger partial charge in [-0.3, -0.25) is 0 Å². The van der Waals surface area contributed by atoms with Gasteiger partial charge in [0.25, 0.3) is 0 Å². The molecule has 0 spiro atoms. The molecule has 146 valence electrons. The summed E-state index contributed by atoms with van der Waals surface area (Å²) in [6.07, 6.45) is 2.66. The van der Waals surface area contributed by atoms with E-state index in [1.165, 1.54) is 0 Å². The maximum atomic E-state index is 6.16. The number of anilines is 6. The Hall–Kier alpha value is -3.14. The van der Waals surface area contributed by atoms with E-state index in [1.807, 2.05) is 18.2 Å². The van der Waals surface area contributed by atoms with Crippen LogP contribution in [0.5, 0.6) is 0 Å². The third kappa shape index (κ3) is 3.77. The van der Waals surface area contributed by atoms with Crippen molar-refractivity contribution >= 4 is 34.1 Å². The maximum Gasteiger partial charge on any atom is 0.0465 e. The zero-order chi connectivity index (χ0) is 20.3. The number of nitrogens with zero attached hydrogens (tertiary/aromatic N) is 1. The molecule has 3 aromatic rings. The lowest BCUT2D eigenvalue weighted by atomic mass is 10.0. The Morgan fingerprint density at radius 2 is 0.821 bits per heavy atom. The number of rotatable bonds is 6. The number of hydrogen-bond acceptors (Lipinski definition) is 4. The van der Waals surface area contributed by atoms with Gasteiger partial charge in [0.15, 0.2) is 0 Å². The highest BCUT2D eigenvalue weighted by molar-refractivity contribution is 5.80. The van der Waals surface area contributed by atoms with E-state index in [4.69, 9.17) is 17.2 Å². The molecule has 0 unspecified atom stereocenters. The molecular weight excluding hydrogens is 344 g/mol. The van der Waals surface area contributed by atoms with E-state index in [0.29, 0.717) is 0 Å². The van der Waals surface area contributed by atoms with Crippen LogP contribution in [0.2, 0.25) is 0 Å². The molecule has 4 heteroatoms. The second-order valence-electron chi connectivity index (χ2n) is 7.05. The van der Waals surface area contributed by atoms with Crippen molar-refractivity contribution in [2.45, 2.75) is 40.0 Å². The summed E-state index contributed by atoms with van der Waals surface area (Å²) >= 11 is 0. The summed E-state index contributed by atoms with van der Waals surface area (Å²) in [6.45, 7) is 6.36. The molecule has 3 aromatic carbocycles. The average Bonchev–Trinajstić information content (AvgIpc) is 2.71. The predicted molar refractivity (Wildman–Crippen MR) is 122 cm³/mol. The molecule has 6 N–H and O–H groups in total. The van der Waals surface area contributed by atoms with Crippen LogP contribution in [-0.4, -0.2) is 0 Å². The Morgan fingerprint density at radius 1 is 0.536 bits per heavy atom. The van der Waals surface area contributed by atoms with Crippen LogP contribution in [0, 0.1) is 0 Å². The fraction of sp³-hybridized carbons (Fsp3) is 0.250. The van der Waals surface area contributed by atoms with Crippen molar-refractivity contribution < 1.29 is 0 Å². The fourth-order valence-electron chi connectivity index (χ4n) is 3.56. The summed E-state index contributed by atoms with van der Waals surface area (Å²) in [5.74, 6) is 0. The molecule has 0 amide bonds. The number of benzene rings is 3. The van der Waals surface area contributed by atoms with Crippen LogP contribution in [0.25, 0.3) is 0 Å². The number of nitrogen functional groups attached to an aromatic ring is 3. The maximum absolute atomic E-state index is 6.16. The minimum absolute atomic E-state index is 0.823. The second-order valence-corrected chi connectivity index (χ2v) is 7.05. The van der Waals surface area contributed by atoms with Crippen LogP contribution in [0.15, 0.2) is 54.6 Å². The standard InChI is InChI=1S/C24H30N4/c1-4-16-13-19(7-10-22(16)25)28(20-8-11-23(26)17(5-2)14-20)21-9-12-24(27)18(6-3)15-21/h7-15H,4-6,25-27H2,1-3H3. The molecule has 0 aliphatic rings. The van der Waals surface area contributed by atoms with Crippen molar-refractivity contribution in [1.82, 2.24) is 0 Å². The molecular formula is C24H30N4. The van der Waals surface area contributed by atoms with Crippen molar-refractivity contribution in [1.29, 1.82) is 0 Å². The summed E-state index contributed by atoms with van der Waals surface area (Å²) in [5, 5.41) is 0. The Kier molecular flexibility index (Phi) is 5.78. The van der Waals surface area contributed by atoms with E-state index in [-0.39, 0.29) is 0 Å². The minimum atomic E-state index is 0.823. The average molecular weight is 375 g/mol. The number of aryl methyl sites for hydroxylation is 3. The van der Waals surface area contributed by atoms with Gasteiger partial charge in [-0.05, 0) is 90.6 Å². The van der Waals surface area contributed by atoms with Crippen LogP contribution < -0.4 is 22.1 Å². The van der Waals surface area contributed by atoms with Crippen molar-refractivity contribution in [2.75, 3.05) is 22.1 Å². The van der Waals surface area contributed by atoms with Crippen LogP contribution in [0.4, 0.5) is 34.1 Å². The van der Waals surface area contributed by atoms with Gasteiger partial charge in [-0.25, -0.2) is 0 Å². The van der Waals surface area contributed by atoms with E-state index in [1.54, 1.807) is 0 Å². The van der Waals surface area contributed by atoms with Crippen LogP contribution in [0.3, 0.4) is 0 Å². The summed E-state index contributed by atoms with van der Waals surface area (Å²) < 4.78 is 0. The van der Waals surface area contributed by atoms with Gasteiger partial charge in [0.1, 0.15) is 0 Å². The Morgan fingerprint density at radius 3 is 1.07 bits per heavy atom. The lowest BCUT2D eigenvalue weighted by Gasteiger charge is -2.27. The van der Waals surface area contributed by atoms with Crippen molar-refractivity contribution in [3.63, 3.8) is 0 Å². The highest BCUT2D eigenvalue weighted by Crippen LogP contribution is 2.38. The van der Waals surface area contributed by atoms with E-state index >= 15 is 0 Å². The first-order valence-electron chi connectivity index (χ1n) is 9.93. The van der Waals surface area contributed by atoms with Gasteiger partial charge in [-0.15, -0.1) is 0 Å². The Labute approximate surface area is 168 Å². The summed E-state index contributed by atoms with van der Waals surface area (Å²) in [6, 6.07) is 18.7. The van der Waals surface area contributed by atoms with Gasteiger partial charge in [-0.1, -0.05) is 20.8 Å². The third-order valence-electron chi connectivity index (χ3n) is 5.30. The van der Waals surface area contributed by atoms with Gasteiger partial charge < -0.3 is 22.1 Å². The molecule has 0 atom stereocenters. The molecule has 3 rings (SSSR count). The molecule has 0 saturated carbocycles. The molecule has 0 bridgehead atoms. The first-order valence-corrected chi connectivity index (χ1v) is 9.93. The van der Waals surface area contributed by atoms with Crippen LogP contribution in [0.1, 0.15) is 37.5 Å². The topological polar surface area (TPSA) is 81.3 Å². The van der Waals surface area contributed by atoms with E-state index in [9.17, 15) is 0 Å². The van der Waals surface area contributed by atoms with E-state index < -0.39 is 0 Å². The fourth-order valence-corrected chi connectivity index (χ4v) is 3.56. The van der Waals surface area contributed by atoms with Gasteiger partial charge >= 0.3 is 0 Å². The van der Waals surface area contributed by atoms with Gasteiger partial charge in [0, 0.05) is 34.1 Å². The zero-order valence-corrected chi connectivity index (χ0v) is 17.0. The van der Waals surface area contributed by atoms with Crippen molar-refractivity contribution in [3.8, 4) is 0 Å². The van der Waals surface area contributed by atoms with Gasteiger partial charge in [0.2, 0.25) is 0 Å². The molecule has 28 heavy (non-hydrogen) atoms. The highest BCUT2D eigenvalue weighted by atomic mass is 15.1. The summed E-state index contributed by atoms with van der Waals surface area (Å²) in [5.41, 5.74) is 27.6. The lowest BCUT2D eigenvalue weighted by molar-refractivity contribution is 1.12. The molecule has 0 saturated heterocycles. The summed E-state index contributed by atoms with van der Waals surface area (Å²) in [4.78, 5) is 2.25. The number of nitrogens with two attached hydrogens (primary N) is 3. The highest BCUT2D eigenvalue weighted by Gasteiger charge is 2.16. The number of hydrogen-bond donors (Lipinski definition) is 3. The first kappa shape index (κ1) is 19.6. The molecule has 0 fully saturated rings. The van der Waals surface area contributed by atoms with Gasteiger partial charge in [-0.2, -0.15) is 0 Å². The SMILES string of the molecule is CCc1cc(N(c2ccc(N)c(CC)c2)c2ccc(N)c(CC)c2)ccc1N. The lowest BCUT2D eigenvalue weighted by Crippen LogP contribution is -2.12. The molecule has 0 aliphatic carbocycles. The Bertz CT molecular complexity index is 851. The largest absolute Gasteiger partial charge is 0.399 e. The third-order valence-corrected chi connectivity index (χ3v) is 5.30. The molecule has 0 aromatic heterocycles. The Balaban J connectivity index is 2.22. The molecule has 0 radical (unpaired) electrons. The second kappa shape index (κ2) is 8.26. The van der Waals surface area contributed by atoms with E-state index in [2.05, 4.69) is 62.1 Å². The molecule has 0 aliphatic heterocycles. The quantitative estimate of drug-likeness (QED) is 0.491. The zero-order valence-electron chi connectivity index (χ0n) is 17.0. The van der Waals surface area contributed by atoms with E-state index in [0.717, 1.165) is 70.1 Å². The first-order chi connectivity index (χ1) is 13.5. The van der Waals surface area contributed by atoms with Crippen molar-refractivity contribution in [2.24, 2.45) is 0 Å². The summed E-state index contributed by atoms with van der Waals surface area (Å²) in [7, 11) is 0.